The van der Waals surface area contributed by atoms with Gasteiger partial charge in [0.25, 0.3) is 0 Å². The largest absolute Gasteiger partial charge is 0.279 e. The molecule has 0 saturated heterocycles. The Morgan fingerprint density at radius 3 is 0.944 bits per heavy atom. The second kappa shape index (κ2) is 9.96. The van der Waals surface area contributed by atoms with Crippen molar-refractivity contribution in [1.82, 2.24) is 19.9 Å². The molecule has 1 aromatic carbocycles. The molecule has 5 aromatic rings. The van der Waals surface area contributed by atoms with Crippen molar-refractivity contribution in [2.45, 2.75) is 27.7 Å². The van der Waals surface area contributed by atoms with Crippen molar-refractivity contribution in [3.8, 4) is 0 Å². The van der Waals surface area contributed by atoms with Crippen LogP contribution in [0.1, 0.15) is 22.8 Å². The third-order valence-electron chi connectivity index (χ3n) is 5.76. The van der Waals surface area contributed by atoms with Crippen molar-refractivity contribution in [2.75, 3.05) is 9.80 Å². The maximum absolute atomic E-state index is 4.82. The highest BCUT2D eigenvalue weighted by Crippen LogP contribution is 2.38. The molecule has 0 atom stereocenters. The summed E-state index contributed by atoms with van der Waals surface area (Å²) in [6.45, 7) is 7.99. The zero-order valence-corrected chi connectivity index (χ0v) is 20.9. The molecule has 0 unspecified atom stereocenters. The zero-order chi connectivity index (χ0) is 25.1. The summed E-state index contributed by atoms with van der Waals surface area (Å²) in [4.78, 5) is 23.4. The average molecular weight is 473 g/mol. The van der Waals surface area contributed by atoms with Gasteiger partial charge < -0.3 is 0 Å². The van der Waals surface area contributed by atoms with E-state index in [0.29, 0.717) is 0 Å². The van der Waals surface area contributed by atoms with Gasteiger partial charge in [0.2, 0.25) is 0 Å². The number of hydrogen-bond acceptors (Lipinski definition) is 6. The van der Waals surface area contributed by atoms with Crippen LogP contribution in [0.3, 0.4) is 0 Å². The second-order valence-corrected chi connectivity index (χ2v) is 8.74. The smallest absolute Gasteiger partial charge is 0.138 e. The Morgan fingerprint density at radius 2 is 0.667 bits per heavy atom. The van der Waals surface area contributed by atoms with E-state index in [2.05, 4.69) is 28.0 Å². The van der Waals surface area contributed by atoms with Crippen LogP contribution in [0.15, 0.2) is 97.1 Å². The summed E-state index contributed by atoms with van der Waals surface area (Å²) in [5.74, 6) is 3.22. The zero-order valence-electron chi connectivity index (χ0n) is 20.9. The van der Waals surface area contributed by atoms with E-state index >= 15 is 0 Å². The van der Waals surface area contributed by atoms with E-state index in [9.17, 15) is 0 Å². The lowest BCUT2D eigenvalue weighted by molar-refractivity contribution is 1.06. The Balaban J connectivity index is 1.69. The van der Waals surface area contributed by atoms with Gasteiger partial charge in [0.05, 0.1) is 11.4 Å². The number of rotatable bonds is 6. The lowest BCUT2D eigenvalue weighted by Gasteiger charge is -2.27. The Kier molecular flexibility index (Phi) is 6.41. The van der Waals surface area contributed by atoms with Crippen LogP contribution in [0.4, 0.5) is 34.6 Å². The van der Waals surface area contributed by atoms with Crippen LogP contribution in [0.2, 0.25) is 0 Å². The van der Waals surface area contributed by atoms with E-state index in [1.165, 1.54) is 0 Å². The molecule has 4 aromatic heterocycles. The lowest BCUT2D eigenvalue weighted by atomic mass is 10.2. The molecule has 6 nitrogen and oxygen atoms in total. The summed E-state index contributed by atoms with van der Waals surface area (Å²) in [7, 11) is 0. The van der Waals surface area contributed by atoms with E-state index in [-0.39, 0.29) is 0 Å². The summed E-state index contributed by atoms with van der Waals surface area (Å²) in [6.07, 6.45) is 0. The molecule has 36 heavy (non-hydrogen) atoms. The number of anilines is 6. The fourth-order valence-electron chi connectivity index (χ4n) is 4.15. The normalized spacial score (nSPS) is 10.8. The minimum Gasteiger partial charge on any atom is -0.279 e. The van der Waals surface area contributed by atoms with Crippen molar-refractivity contribution < 1.29 is 0 Å². The molecule has 4 heterocycles. The van der Waals surface area contributed by atoms with Crippen molar-refractivity contribution in [3.05, 3.63) is 120 Å². The summed E-state index contributed by atoms with van der Waals surface area (Å²) < 4.78 is 0. The van der Waals surface area contributed by atoms with Crippen LogP contribution < -0.4 is 9.80 Å². The highest BCUT2D eigenvalue weighted by Gasteiger charge is 2.20. The molecule has 0 spiro atoms. The molecule has 0 fully saturated rings. The molecule has 0 bridgehead atoms. The standard InChI is InChI=1S/C30H28N6/c1-21-10-5-16-27(31-21)35(28-17-6-11-22(2)32-28)25-14-9-15-26(20-25)36(29-18-7-12-23(3)33-29)30-19-8-13-24(4)34-30/h5-20H,1-4H3. The summed E-state index contributed by atoms with van der Waals surface area (Å²) in [6, 6.07) is 32.4. The number of hydrogen-bond donors (Lipinski definition) is 0. The van der Waals surface area contributed by atoms with E-state index in [1.54, 1.807) is 0 Å². The Labute approximate surface area is 212 Å². The van der Waals surface area contributed by atoms with Gasteiger partial charge in [-0.3, -0.25) is 9.80 Å². The highest BCUT2D eigenvalue weighted by atomic mass is 15.3. The van der Waals surface area contributed by atoms with Gasteiger partial charge in [-0.2, -0.15) is 0 Å². The van der Waals surface area contributed by atoms with Gasteiger partial charge in [0.1, 0.15) is 23.3 Å². The number of benzene rings is 1. The average Bonchev–Trinajstić information content (AvgIpc) is 2.85. The molecule has 0 aliphatic rings. The number of pyridine rings is 4. The maximum Gasteiger partial charge on any atom is 0.138 e. The quantitative estimate of drug-likeness (QED) is 0.256. The molecule has 0 amide bonds. The second-order valence-electron chi connectivity index (χ2n) is 8.74. The molecule has 0 N–H and O–H groups in total. The molecule has 5 rings (SSSR count). The first-order valence-electron chi connectivity index (χ1n) is 11.9. The molecule has 0 radical (unpaired) electrons. The molecular formula is C30H28N6. The first-order chi connectivity index (χ1) is 17.5. The van der Waals surface area contributed by atoms with Gasteiger partial charge in [-0.1, -0.05) is 30.3 Å². The molecule has 6 heteroatoms. The number of aryl methyl sites for hydroxylation is 4. The molecule has 178 valence electrons. The number of nitrogens with zero attached hydrogens (tertiary/aromatic N) is 6. The summed E-state index contributed by atoms with van der Waals surface area (Å²) in [5, 5.41) is 0. The van der Waals surface area contributed by atoms with E-state index in [1.807, 2.05) is 107 Å². The van der Waals surface area contributed by atoms with Crippen molar-refractivity contribution >= 4 is 34.6 Å². The van der Waals surface area contributed by atoms with Crippen molar-refractivity contribution in [2.24, 2.45) is 0 Å². The minimum absolute atomic E-state index is 0.805. The first-order valence-corrected chi connectivity index (χ1v) is 11.9. The lowest BCUT2D eigenvalue weighted by Crippen LogP contribution is -2.16. The molecule has 0 saturated carbocycles. The molecule has 0 aliphatic heterocycles. The van der Waals surface area contributed by atoms with Gasteiger partial charge in [-0.25, -0.2) is 19.9 Å². The number of aromatic nitrogens is 4. The van der Waals surface area contributed by atoms with Gasteiger partial charge in [-0.05, 0) is 94.4 Å². The first kappa shape index (κ1) is 23.2. The highest BCUT2D eigenvalue weighted by molar-refractivity contribution is 5.79. The van der Waals surface area contributed by atoms with Gasteiger partial charge in [0.15, 0.2) is 0 Å². The van der Waals surface area contributed by atoms with Crippen molar-refractivity contribution in [3.63, 3.8) is 0 Å². The Morgan fingerprint density at radius 1 is 0.389 bits per heavy atom. The fraction of sp³-hybridized carbons (Fsp3) is 0.133. The van der Waals surface area contributed by atoms with Crippen LogP contribution in [-0.4, -0.2) is 19.9 Å². The van der Waals surface area contributed by atoms with E-state index in [0.717, 1.165) is 57.4 Å². The van der Waals surface area contributed by atoms with E-state index < -0.39 is 0 Å². The van der Waals surface area contributed by atoms with Crippen LogP contribution in [0.25, 0.3) is 0 Å². The minimum atomic E-state index is 0.805. The van der Waals surface area contributed by atoms with Gasteiger partial charge in [-0.15, -0.1) is 0 Å². The van der Waals surface area contributed by atoms with Crippen LogP contribution in [-0.2, 0) is 0 Å². The molecular weight excluding hydrogens is 444 g/mol. The molecule has 0 aliphatic carbocycles. The SMILES string of the molecule is Cc1cccc(N(c2cccc(N(c3cccc(C)n3)c3cccc(C)n3)c2)c2cccc(C)n2)n1. The third kappa shape index (κ3) is 4.93. The van der Waals surface area contributed by atoms with Crippen LogP contribution in [0.5, 0.6) is 0 Å². The maximum atomic E-state index is 4.82. The predicted octanol–water partition coefficient (Wildman–Crippen LogP) is 7.44. The van der Waals surface area contributed by atoms with Crippen LogP contribution in [0, 0.1) is 27.7 Å². The third-order valence-corrected chi connectivity index (χ3v) is 5.76. The monoisotopic (exact) mass is 472 g/mol. The fourth-order valence-corrected chi connectivity index (χ4v) is 4.15. The van der Waals surface area contributed by atoms with Gasteiger partial charge in [0, 0.05) is 22.8 Å². The Hall–Kier alpha value is -4.58. The van der Waals surface area contributed by atoms with Crippen molar-refractivity contribution in [1.29, 1.82) is 0 Å². The summed E-state index contributed by atoms with van der Waals surface area (Å²) >= 11 is 0. The topological polar surface area (TPSA) is 58.0 Å². The Bertz CT molecular complexity index is 1310. The van der Waals surface area contributed by atoms with Gasteiger partial charge >= 0.3 is 0 Å². The van der Waals surface area contributed by atoms with E-state index in [4.69, 9.17) is 19.9 Å². The van der Waals surface area contributed by atoms with Crippen LogP contribution >= 0.6 is 0 Å². The summed E-state index contributed by atoms with van der Waals surface area (Å²) in [5.41, 5.74) is 5.64. The predicted molar refractivity (Wildman–Crippen MR) is 146 cm³/mol.